The molecule has 0 fully saturated rings. The Morgan fingerprint density at radius 3 is 2.91 bits per heavy atom. The summed E-state index contributed by atoms with van der Waals surface area (Å²) in [7, 11) is 0. The topological polar surface area (TPSA) is 71.7 Å². The van der Waals surface area contributed by atoms with E-state index in [0.717, 1.165) is 11.2 Å². The normalized spacial score (nSPS) is 11.2. The van der Waals surface area contributed by atoms with Crippen molar-refractivity contribution < 1.29 is 4.79 Å². The second-order valence-corrected chi connectivity index (χ2v) is 4.93. The first-order valence-corrected chi connectivity index (χ1v) is 6.85. The molecule has 0 radical (unpaired) electrons. The summed E-state index contributed by atoms with van der Waals surface area (Å²) in [5.74, 6) is -0.303. The summed E-state index contributed by atoms with van der Waals surface area (Å²) in [4.78, 5) is 20.8. The molecule has 0 aromatic carbocycles. The van der Waals surface area contributed by atoms with Crippen LogP contribution in [0.1, 0.15) is 27.4 Å². The largest absolute Gasteiger partial charge is 0.295 e. The number of aromatic nitrogens is 3. The number of rotatable bonds is 3. The van der Waals surface area contributed by atoms with Gasteiger partial charge in [-0.15, -0.1) is 0 Å². The summed E-state index contributed by atoms with van der Waals surface area (Å²) < 4.78 is 1.77. The van der Waals surface area contributed by atoms with Crippen LogP contribution in [0.4, 0.5) is 0 Å². The number of carbonyl (C=O) groups excluding carboxylic acids is 1. The standard InChI is InChI=1S/C16H15N5O/c1-11-6-7-14-19-12(2)15(21(14)10-11)16(22)20-18-9-13-5-3-4-8-17-13/h3-10H,1-2H3,(H,20,22)/b18-9-. The van der Waals surface area contributed by atoms with Gasteiger partial charge in [0.2, 0.25) is 0 Å². The van der Waals surface area contributed by atoms with Gasteiger partial charge in [-0.1, -0.05) is 12.1 Å². The number of nitrogens with zero attached hydrogens (tertiary/aromatic N) is 4. The maximum absolute atomic E-state index is 12.3. The first-order chi connectivity index (χ1) is 10.6. The molecule has 6 nitrogen and oxygen atoms in total. The zero-order valence-corrected chi connectivity index (χ0v) is 12.3. The van der Waals surface area contributed by atoms with Gasteiger partial charge >= 0.3 is 0 Å². The minimum Gasteiger partial charge on any atom is -0.295 e. The lowest BCUT2D eigenvalue weighted by Crippen LogP contribution is -2.20. The van der Waals surface area contributed by atoms with E-state index in [0.29, 0.717) is 17.1 Å². The molecule has 0 bridgehead atoms. The molecule has 0 spiro atoms. The highest BCUT2D eigenvalue weighted by atomic mass is 16.2. The van der Waals surface area contributed by atoms with E-state index >= 15 is 0 Å². The highest BCUT2D eigenvalue weighted by molar-refractivity contribution is 5.95. The molecule has 1 N–H and O–H groups in total. The number of carbonyl (C=O) groups is 1. The third-order valence-electron chi connectivity index (χ3n) is 3.21. The molecule has 3 aromatic heterocycles. The highest BCUT2D eigenvalue weighted by Crippen LogP contribution is 2.13. The number of hydrazone groups is 1. The quantitative estimate of drug-likeness (QED) is 0.594. The Bertz CT molecular complexity index is 852. The van der Waals surface area contributed by atoms with Crippen molar-refractivity contribution in [2.24, 2.45) is 5.10 Å². The number of nitrogens with one attached hydrogen (secondary N) is 1. The molecule has 0 aliphatic rings. The van der Waals surface area contributed by atoms with Crippen molar-refractivity contribution in [2.45, 2.75) is 13.8 Å². The van der Waals surface area contributed by atoms with Crippen LogP contribution in [0.2, 0.25) is 0 Å². The van der Waals surface area contributed by atoms with Crippen LogP contribution >= 0.6 is 0 Å². The number of amides is 1. The molecule has 110 valence electrons. The van der Waals surface area contributed by atoms with E-state index in [1.807, 2.05) is 37.4 Å². The van der Waals surface area contributed by atoms with E-state index in [1.165, 1.54) is 6.21 Å². The fourth-order valence-corrected chi connectivity index (χ4v) is 2.20. The second kappa shape index (κ2) is 5.77. The van der Waals surface area contributed by atoms with E-state index < -0.39 is 0 Å². The number of pyridine rings is 2. The van der Waals surface area contributed by atoms with Crippen LogP contribution in [-0.4, -0.2) is 26.5 Å². The lowest BCUT2D eigenvalue weighted by Gasteiger charge is -2.02. The van der Waals surface area contributed by atoms with Crippen molar-refractivity contribution in [3.05, 3.63) is 65.4 Å². The molecular formula is C16H15N5O. The summed E-state index contributed by atoms with van der Waals surface area (Å²) in [5.41, 5.74) is 6.13. The van der Waals surface area contributed by atoms with Gasteiger partial charge in [-0.05, 0) is 37.6 Å². The van der Waals surface area contributed by atoms with Crippen LogP contribution in [0.3, 0.4) is 0 Å². The number of imidazole rings is 1. The third kappa shape index (κ3) is 2.71. The lowest BCUT2D eigenvalue weighted by atomic mass is 10.3. The van der Waals surface area contributed by atoms with Gasteiger partial charge in [-0.25, -0.2) is 10.4 Å². The molecule has 3 rings (SSSR count). The zero-order valence-electron chi connectivity index (χ0n) is 12.3. The fraction of sp³-hybridized carbons (Fsp3) is 0.125. The summed E-state index contributed by atoms with van der Waals surface area (Å²) in [5, 5.41) is 3.94. The smallest absolute Gasteiger partial charge is 0.290 e. The van der Waals surface area contributed by atoms with Gasteiger partial charge < -0.3 is 0 Å². The average Bonchev–Trinajstić information content (AvgIpc) is 2.83. The molecule has 1 amide bonds. The van der Waals surface area contributed by atoms with Gasteiger partial charge in [-0.3, -0.25) is 14.2 Å². The summed E-state index contributed by atoms with van der Waals surface area (Å²) in [6.07, 6.45) is 5.05. The molecular weight excluding hydrogens is 278 g/mol. The van der Waals surface area contributed by atoms with Crippen molar-refractivity contribution in [2.75, 3.05) is 0 Å². The van der Waals surface area contributed by atoms with E-state index in [1.54, 1.807) is 23.6 Å². The molecule has 22 heavy (non-hydrogen) atoms. The molecule has 0 saturated carbocycles. The van der Waals surface area contributed by atoms with E-state index in [2.05, 4.69) is 20.5 Å². The minimum absolute atomic E-state index is 0.303. The first kappa shape index (κ1) is 13.9. The zero-order chi connectivity index (χ0) is 15.5. The van der Waals surface area contributed by atoms with Crippen molar-refractivity contribution in [3.63, 3.8) is 0 Å². The Morgan fingerprint density at radius 2 is 2.14 bits per heavy atom. The Hall–Kier alpha value is -3.02. The minimum atomic E-state index is -0.303. The fourth-order valence-electron chi connectivity index (χ4n) is 2.20. The van der Waals surface area contributed by atoms with E-state index in [-0.39, 0.29) is 5.91 Å². The predicted molar refractivity (Wildman–Crippen MR) is 84.0 cm³/mol. The molecule has 0 unspecified atom stereocenters. The van der Waals surface area contributed by atoms with Gasteiger partial charge in [0.05, 0.1) is 17.6 Å². The van der Waals surface area contributed by atoms with Crippen molar-refractivity contribution in [1.82, 2.24) is 19.8 Å². The first-order valence-electron chi connectivity index (χ1n) is 6.85. The van der Waals surface area contributed by atoms with Crippen LogP contribution in [-0.2, 0) is 0 Å². The molecule has 6 heteroatoms. The van der Waals surface area contributed by atoms with Gasteiger partial charge in [0.15, 0.2) is 0 Å². The summed E-state index contributed by atoms with van der Waals surface area (Å²) >= 11 is 0. The third-order valence-corrected chi connectivity index (χ3v) is 3.21. The van der Waals surface area contributed by atoms with Crippen LogP contribution < -0.4 is 5.43 Å². The summed E-state index contributed by atoms with van der Waals surface area (Å²) in [6, 6.07) is 9.32. The summed E-state index contributed by atoms with van der Waals surface area (Å²) in [6.45, 7) is 3.77. The molecule has 0 aliphatic heterocycles. The highest BCUT2D eigenvalue weighted by Gasteiger charge is 2.15. The number of aryl methyl sites for hydroxylation is 2. The van der Waals surface area contributed by atoms with Crippen LogP contribution in [0, 0.1) is 13.8 Å². The Morgan fingerprint density at radius 1 is 1.27 bits per heavy atom. The van der Waals surface area contributed by atoms with Crippen molar-refractivity contribution >= 4 is 17.8 Å². The van der Waals surface area contributed by atoms with Crippen LogP contribution in [0.25, 0.3) is 5.65 Å². The predicted octanol–water partition coefficient (Wildman–Crippen LogP) is 2.11. The van der Waals surface area contributed by atoms with Gasteiger partial charge in [-0.2, -0.15) is 5.10 Å². The Labute approximate surface area is 127 Å². The number of hydrogen-bond donors (Lipinski definition) is 1. The Kier molecular flexibility index (Phi) is 3.65. The van der Waals surface area contributed by atoms with Crippen LogP contribution in [0.15, 0.2) is 47.8 Å². The average molecular weight is 293 g/mol. The monoisotopic (exact) mass is 293 g/mol. The molecule has 0 atom stereocenters. The molecule has 0 saturated heterocycles. The Balaban J connectivity index is 1.85. The van der Waals surface area contributed by atoms with Crippen molar-refractivity contribution in [3.8, 4) is 0 Å². The van der Waals surface area contributed by atoms with E-state index in [4.69, 9.17) is 0 Å². The second-order valence-electron chi connectivity index (χ2n) is 4.93. The molecule has 3 heterocycles. The van der Waals surface area contributed by atoms with Gasteiger partial charge in [0.25, 0.3) is 5.91 Å². The maximum Gasteiger partial charge on any atom is 0.290 e. The SMILES string of the molecule is Cc1ccc2nc(C)c(C(=O)N/N=C\c3ccccn3)n2c1. The van der Waals surface area contributed by atoms with Gasteiger partial charge in [0, 0.05) is 12.4 Å². The van der Waals surface area contributed by atoms with Gasteiger partial charge in [0.1, 0.15) is 11.3 Å². The number of hydrogen-bond acceptors (Lipinski definition) is 4. The lowest BCUT2D eigenvalue weighted by molar-refractivity contribution is 0.0948. The van der Waals surface area contributed by atoms with E-state index in [9.17, 15) is 4.79 Å². The molecule has 0 aliphatic carbocycles. The van der Waals surface area contributed by atoms with Crippen molar-refractivity contribution in [1.29, 1.82) is 0 Å². The van der Waals surface area contributed by atoms with Crippen LogP contribution in [0.5, 0.6) is 0 Å². The maximum atomic E-state index is 12.3. The number of fused-ring (bicyclic) bond motifs is 1. The molecule has 3 aromatic rings.